The van der Waals surface area contributed by atoms with Gasteiger partial charge in [-0.3, -0.25) is 4.79 Å². The SMILES string of the molecule is CCOc1ccc(-c2csc3ncnc(SC(C)C(=O)Nc4cc(Cl)ccc4O)c23)cc1. The number of fused-ring (bicyclic) bond motifs is 1. The van der Waals surface area contributed by atoms with E-state index in [1.54, 1.807) is 13.0 Å². The van der Waals surface area contributed by atoms with Crippen molar-refractivity contribution < 1.29 is 14.6 Å². The molecule has 0 fully saturated rings. The molecule has 0 aliphatic carbocycles. The number of aromatic nitrogens is 2. The van der Waals surface area contributed by atoms with Crippen molar-refractivity contribution >= 4 is 56.5 Å². The van der Waals surface area contributed by atoms with E-state index in [0.717, 1.165) is 32.1 Å². The average molecular weight is 486 g/mol. The molecule has 2 aromatic heterocycles. The topological polar surface area (TPSA) is 84.3 Å². The Bertz CT molecular complexity index is 1260. The highest BCUT2D eigenvalue weighted by molar-refractivity contribution is 8.00. The maximum absolute atomic E-state index is 12.8. The zero-order valence-corrected chi connectivity index (χ0v) is 19.7. The first-order valence-electron chi connectivity index (χ1n) is 9.87. The van der Waals surface area contributed by atoms with Crippen LogP contribution in [0.2, 0.25) is 5.02 Å². The number of hydrogen-bond donors (Lipinski definition) is 2. The molecule has 0 saturated carbocycles. The number of benzene rings is 2. The lowest BCUT2D eigenvalue weighted by Gasteiger charge is -2.13. The number of rotatable bonds is 7. The van der Waals surface area contributed by atoms with Gasteiger partial charge in [0.2, 0.25) is 5.91 Å². The van der Waals surface area contributed by atoms with Crippen LogP contribution >= 0.6 is 34.7 Å². The number of phenolic OH excluding ortho intramolecular Hbond substituents is 1. The third-order valence-corrected chi connectivity index (χ3v) is 6.91. The normalized spacial score (nSPS) is 12.0. The van der Waals surface area contributed by atoms with Gasteiger partial charge in [-0.05, 0) is 49.7 Å². The maximum atomic E-state index is 12.8. The van der Waals surface area contributed by atoms with Crippen LogP contribution in [0, 0.1) is 0 Å². The molecular weight excluding hydrogens is 466 g/mol. The summed E-state index contributed by atoms with van der Waals surface area (Å²) in [6.07, 6.45) is 1.51. The fourth-order valence-corrected chi connectivity index (χ4v) is 5.20. The summed E-state index contributed by atoms with van der Waals surface area (Å²) in [5, 5.41) is 16.3. The predicted molar refractivity (Wildman–Crippen MR) is 131 cm³/mol. The van der Waals surface area contributed by atoms with E-state index >= 15 is 0 Å². The Morgan fingerprint density at radius 3 is 2.78 bits per heavy atom. The van der Waals surface area contributed by atoms with Crippen molar-refractivity contribution in [1.82, 2.24) is 9.97 Å². The molecule has 2 aromatic carbocycles. The van der Waals surface area contributed by atoms with Gasteiger partial charge < -0.3 is 15.2 Å². The van der Waals surface area contributed by atoms with Gasteiger partial charge in [0.15, 0.2) is 0 Å². The Morgan fingerprint density at radius 1 is 1.25 bits per heavy atom. The Morgan fingerprint density at radius 2 is 2.03 bits per heavy atom. The summed E-state index contributed by atoms with van der Waals surface area (Å²) in [6, 6.07) is 12.4. The molecular formula is C23H20ClN3O3S2. The second kappa shape index (κ2) is 9.77. The van der Waals surface area contributed by atoms with Crippen LogP contribution in [0.25, 0.3) is 21.3 Å². The zero-order chi connectivity index (χ0) is 22.7. The molecule has 164 valence electrons. The number of nitrogens with one attached hydrogen (secondary N) is 1. The summed E-state index contributed by atoms with van der Waals surface area (Å²) >= 11 is 8.85. The Kier molecular flexibility index (Phi) is 6.83. The largest absolute Gasteiger partial charge is 0.506 e. The molecule has 1 atom stereocenters. The van der Waals surface area contributed by atoms with Crippen LogP contribution in [0.15, 0.2) is 59.2 Å². The summed E-state index contributed by atoms with van der Waals surface area (Å²) in [5.74, 6) is 0.508. The van der Waals surface area contributed by atoms with E-state index in [-0.39, 0.29) is 17.3 Å². The first-order valence-corrected chi connectivity index (χ1v) is 12.0. The fourth-order valence-electron chi connectivity index (χ4n) is 3.11. The first-order chi connectivity index (χ1) is 15.5. The Labute approximate surface area is 198 Å². The maximum Gasteiger partial charge on any atom is 0.237 e. The third kappa shape index (κ3) is 4.82. The van der Waals surface area contributed by atoms with Crippen molar-refractivity contribution in [3.8, 4) is 22.6 Å². The van der Waals surface area contributed by atoms with Crippen LogP contribution in [-0.2, 0) is 4.79 Å². The molecule has 0 bridgehead atoms. The molecule has 2 N–H and O–H groups in total. The molecule has 0 spiro atoms. The van der Waals surface area contributed by atoms with E-state index in [9.17, 15) is 9.90 Å². The molecule has 0 saturated heterocycles. The number of thiophene rings is 1. The molecule has 4 rings (SSSR count). The number of amides is 1. The second-order valence-electron chi connectivity index (χ2n) is 6.88. The fraction of sp³-hybridized carbons (Fsp3) is 0.174. The van der Waals surface area contributed by atoms with Gasteiger partial charge in [0.1, 0.15) is 27.7 Å². The van der Waals surface area contributed by atoms with Crippen LogP contribution in [0.5, 0.6) is 11.5 Å². The number of nitrogens with zero attached hydrogens (tertiary/aromatic N) is 2. The Hall–Kier alpha value is -2.81. The Balaban J connectivity index is 1.59. The van der Waals surface area contributed by atoms with E-state index in [1.165, 1.54) is 41.6 Å². The minimum absolute atomic E-state index is 0.0417. The van der Waals surface area contributed by atoms with Crippen LogP contribution in [-0.4, -0.2) is 32.8 Å². The standard InChI is InChI=1S/C23H20ClN3O3S2/c1-3-30-16-7-4-14(5-8-16)17-11-31-22-20(17)23(26-12-25-22)32-13(2)21(29)27-18-10-15(24)6-9-19(18)28/h4-13,28H,3H2,1-2H3,(H,27,29). The summed E-state index contributed by atoms with van der Waals surface area (Å²) in [7, 11) is 0. The smallest absolute Gasteiger partial charge is 0.237 e. The number of aromatic hydroxyl groups is 1. The quantitative estimate of drug-likeness (QED) is 0.183. The van der Waals surface area contributed by atoms with E-state index < -0.39 is 5.25 Å². The number of phenols is 1. The summed E-state index contributed by atoms with van der Waals surface area (Å²) in [6.45, 7) is 4.35. The highest BCUT2D eigenvalue weighted by atomic mass is 35.5. The third-order valence-electron chi connectivity index (χ3n) is 4.69. The van der Waals surface area contributed by atoms with Crippen LogP contribution in [0.3, 0.4) is 0 Å². The molecule has 2 heterocycles. The second-order valence-corrected chi connectivity index (χ2v) is 9.50. The molecule has 0 aliphatic heterocycles. The van der Waals surface area contributed by atoms with E-state index in [4.69, 9.17) is 16.3 Å². The number of carbonyl (C=O) groups excluding carboxylic acids is 1. The number of thioether (sulfide) groups is 1. The molecule has 0 radical (unpaired) electrons. The van der Waals surface area contributed by atoms with Crippen LogP contribution in [0.1, 0.15) is 13.8 Å². The summed E-state index contributed by atoms with van der Waals surface area (Å²) in [5.41, 5.74) is 2.31. The monoisotopic (exact) mass is 485 g/mol. The highest BCUT2D eigenvalue weighted by Crippen LogP contribution is 2.39. The number of carbonyl (C=O) groups is 1. The molecule has 4 aromatic rings. The van der Waals surface area contributed by atoms with Gasteiger partial charge >= 0.3 is 0 Å². The molecule has 6 nitrogen and oxygen atoms in total. The van der Waals surface area contributed by atoms with Crippen molar-refractivity contribution in [2.24, 2.45) is 0 Å². The number of ether oxygens (including phenoxy) is 1. The van der Waals surface area contributed by atoms with Crippen molar-refractivity contribution in [2.45, 2.75) is 24.1 Å². The van der Waals surface area contributed by atoms with Gasteiger partial charge in [-0.25, -0.2) is 9.97 Å². The van der Waals surface area contributed by atoms with Crippen molar-refractivity contribution in [1.29, 1.82) is 0 Å². The molecule has 1 amide bonds. The molecule has 32 heavy (non-hydrogen) atoms. The number of halogens is 1. The van der Waals surface area contributed by atoms with Gasteiger partial charge in [-0.2, -0.15) is 0 Å². The first kappa shape index (κ1) is 22.4. The zero-order valence-electron chi connectivity index (χ0n) is 17.3. The molecule has 1 unspecified atom stereocenters. The van der Waals surface area contributed by atoms with E-state index in [1.807, 2.05) is 36.6 Å². The highest BCUT2D eigenvalue weighted by Gasteiger charge is 2.21. The van der Waals surface area contributed by atoms with Gasteiger partial charge in [0.05, 0.1) is 22.9 Å². The van der Waals surface area contributed by atoms with Crippen LogP contribution in [0.4, 0.5) is 5.69 Å². The lowest BCUT2D eigenvalue weighted by Crippen LogP contribution is -2.22. The van der Waals surface area contributed by atoms with Gasteiger partial charge in [-0.1, -0.05) is 35.5 Å². The van der Waals surface area contributed by atoms with Crippen molar-refractivity contribution in [2.75, 3.05) is 11.9 Å². The van der Waals surface area contributed by atoms with E-state index in [0.29, 0.717) is 11.6 Å². The van der Waals surface area contributed by atoms with Crippen molar-refractivity contribution in [3.63, 3.8) is 0 Å². The van der Waals surface area contributed by atoms with E-state index in [2.05, 4.69) is 15.3 Å². The summed E-state index contributed by atoms with van der Waals surface area (Å²) in [4.78, 5) is 22.5. The molecule has 9 heteroatoms. The van der Waals surface area contributed by atoms with Gasteiger partial charge in [0.25, 0.3) is 0 Å². The lowest BCUT2D eigenvalue weighted by atomic mass is 10.1. The lowest BCUT2D eigenvalue weighted by molar-refractivity contribution is -0.115. The number of anilines is 1. The van der Waals surface area contributed by atoms with Crippen molar-refractivity contribution in [3.05, 3.63) is 59.2 Å². The predicted octanol–water partition coefficient (Wildman–Crippen LogP) is 6.24. The van der Waals surface area contributed by atoms with Crippen LogP contribution < -0.4 is 10.1 Å². The summed E-state index contributed by atoms with van der Waals surface area (Å²) < 4.78 is 5.54. The minimum atomic E-state index is -0.473. The minimum Gasteiger partial charge on any atom is -0.506 e. The van der Waals surface area contributed by atoms with Gasteiger partial charge in [0, 0.05) is 16.0 Å². The molecule has 0 aliphatic rings. The number of hydrogen-bond acceptors (Lipinski definition) is 7. The average Bonchev–Trinajstić information content (AvgIpc) is 3.22. The van der Waals surface area contributed by atoms with Gasteiger partial charge in [-0.15, -0.1) is 11.3 Å².